The molecule has 0 bridgehead atoms. The predicted octanol–water partition coefficient (Wildman–Crippen LogP) is 3.97. The summed E-state index contributed by atoms with van der Waals surface area (Å²) in [6, 6.07) is 5.73. The first-order chi connectivity index (χ1) is 7.04. The molecule has 0 unspecified atom stereocenters. The van der Waals surface area contributed by atoms with Crippen LogP contribution in [0.3, 0.4) is 0 Å². The molecule has 15 heavy (non-hydrogen) atoms. The van der Waals surface area contributed by atoms with Crippen molar-refractivity contribution in [1.82, 2.24) is 0 Å². The number of halogens is 2. The molecule has 1 aromatic rings. The van der Waals surface area contributed by atoms with E-state index in [4.69, 9.17) is 28.4 Å². The molecule has 0 aliphatic carbocycles. The fourth-order valence-corrected chi connectivity index (χ4v) is 1.54. The van der Waals surface area contributed by atoms with Crippen LogP contribution in [0.25, 0.3) is 6.08 Å². The van der Waals surface area contributed by atoms with Crippen LogP contribution in [0.1, 0.15) is 23.6 Å². The molecule has 0 fully saturated rings. The third-order valence-electron chi connectivity index (χ3n) is 2.01. The first-order valence-corrected chi connectivity index (χ1v) is 5.12. The van der Waals surface area contributed by atoms with Crippen molar-refractivity contribution in [1.29, 1.82) is 0 Å². The first-order valence-electron chi connectivity index (χ1n) is 4.37. The second kappa shape index (κ2) is 5.19. The lowest BCUT2D eigenvalue weighted by Crippen LogP contribution is -1.98. The van der Waals surface area contributed by atoms with Crippen molar-refractivity contribution >= 4 is 35.0 Å². The van der Waals surface area contributed by atoms with Crippen LogP contribution in [0.4, 0.5) is 0 Å². The van der Waals surface area contributed by atoms with Crippen molar-refractivity contribution in [3.63, 3.8) is 0 Å². The molecule has 2 nitrogen and oxygen atoms in total. The van der Waals surface area contributed by atoms with Gasteiger partial charge in [0.25, 0.3) is 0 Å². The minimum Gasteiger partial charge on any atom is -0.411 e. The topological polar surface area (TPSA) is 32.6 Å². The van der Waals surface area contributed by atoms with Crippen molar-refractivity contribution in [3.05, 3.63) is 39.4 Å². The summed E-state index contributed by atoms with van der Waals surface area (Å²) in [7, 11) is 0. The van der Waals surface area contributed by atoms with Gasteiger partial charge in [0.2, 0.25) is 0 Å². The summed E-state index contributed by atoms with van der Waals surface area (Å²) in [4.78, 5) is 0. The van der Waals surface area contributed by atoms with Crippen LogP contribution in [0.15, 0.2) is 27.8 Å². The SMILES string of the molecule is C/C(=N\O)c1ccc(C)cc1C=C(Cl)Cl. The molecule has 4 heteroatoms. The Balaban J connectivity index is 3.33. The lowest BCUT2D eigenvalue weighted by molar-refractivity contribution is 0.319. The van der Waals surface area contributed by atoms with Crippen LogP contribution in [-0.4, -0.2) is 10.9 Å². The maximum atomic E-state index is 8.72. The molecule has 0 spiro atoms. The molecule has 1 aromatic carbocycles. The van der Waals surface area contributed by atoms with E-state index in [-0.39, 0.29) is 4.49 Å². The molecule has 80 valence electrons. The minimum atomic E-state index is 0.174. The second-order valence-electron chi connectivity index (χ2n) is 3.21. The van der Waals surface area contributed by atoms with Crippen molar-refractivity contribution in [2.45, 2.75) is 13.8 Å². The van der Waals surface area contributed by atoms with Gasteiger partial charge < -0.3 is 5.21 Å². The molecule has 0 aromatic heterocycles. The Kier molecular flexibility index (Phi) is 4.18. The maximum Gasteiger partial charge on any atom is 0.107 e. The van der Waals surface area contributed by atoms with E-state index in [0.717, 1.165) is 16.7 Å². The number of nitrogens with zero attached hydrogens (tertiary/aromatic N) is 1. The molecule has 0 aliphatic heterocycles. The van der Waals surface area contributed by atoms with E-state index in [1.54, 1.807) is 13.0 Å². The average Bonchev–Trinajstić information content (AvgIpc) is 2.16. The minimum absolute atomic E-state index is 0.174. The van der Waals surface area contributed by atoms with Crippen LogP contribution >= 0.6 is 23.2 Å². The lowest BCUT2D eigenvalue weighted by Gasteiger charge is -2.05. The van der Waals surface area contributed by atoms with Crippen LogP contribution < -0.4 is 0 Å². The summed E-state index contributed by atoms with van der Waals surface area (Å²) in [6.45, 7) is 3.68. The number of rotatable bonds is 2. The highest BCUT2D eigenvalue weighted by Gasteiger charge is 2.04. The Labute approximate surface area is 98.8 Å². The zero-order valence-electron chi connectivity index (χ0n) is 8.46. The quantitative estimate of drug-likeness (QED) is 0.476. The highest BCUT2D eigenvalue weighted by atomic mass is 35.5. The number of hydrogen-bond donors (Lipinski definition) is 1. The Bertz CT molecular complexity index is 421. The Morgan fingerprint density at radius 2 is 2.07 bits per heavy atom. The number of hydrogen-bond acceptors (Lipinski definition) is 2. The summed E-state index contributed by atoms with van der Waals surface area (Å²) in [5.74, 6) is 0. The monoisotopic (exact) mass is 243 g/mol. The largest absolute Gasteiger partial charge is 0.411 e. The standard InChI is InChI=1S/C11H11Cl2NO/c1-7-3-4-10(8(2)14-15)9(5-7)6-11(12)13/h3-6,15H,1-2H3/b14-8+. The molecule has 0 aliphatic rings. The van der Waals surface area contributed by atoms with Crippen molar-refractivity contribution < 1.29 is 5.21 Å². The second-order valence-corrected chi connectivity index (χ2v) is 4.22. The van der Waals surface area contributed by atoms with Gasteiger partial charge in [0, 0.05) is 5.56 Å². The Hall–Kier alpha value is -0.990. The van der Waals surface area contributed by atoms with E-state index in [9.17, 15) is 0 Å². The van der Waals surface area contributed by atoms with Gasteiger partial charge in [0.05, 0.1) is 5.71 Å². The van der Waals surface area contributed by atoms with E-state index < -0.39 is 0 Å². The molecule has 0 atom stereocenters. The molecular weight excluding hydrogens is 233 g/mol. The fraction of sp³-hybridized carbons (Fsp3) is 0.182. The smallest absolute Gasteiger partial charge is 0.107 e. The summed E-state index contributed by atoms with van der Waals surface area (Å²) in [5.41, 5.74) is 3.26. The normalized spacial score (nSPS) is 11.3. The zero-order valence-corrected chi connectivity index (χ0v) is 9.97. The highest BCUT2D eigenvalue weighted by Crippen LogP contribution is 2.19. The zero-order chi connectivity index (χ0) is 11.4. The van der Waals surface area contributed by atoms with Gasteiger partial charge in [-0.15, -0.1) is 0 Å². The van der Waals surface area contributed by atoms with E-state index in [1.165, 1.54) is 0 Å². The van der Waals surface area contributed by atoms with E-state index in [1.807, 2.05) is 25.1 Å². The van der Waals surface area contributed by atoms with Gasteiger partial charge in [-0.1, -0.05) is 52.1 Å². The van der Waals surface area contributed by atoms with Crippen molar-refractivity contribution in [3.8, 4) is 0 Å². The van der Waals surface area contributed by atoms with Gasteiger partial charge in [0.1, 0.15) is 4.49 Å². The molecule has 0 amide bonds. The summed E-state index contributed by atoms with van der Waals surface area (Å²) < 4.78 is 0.174. The maximum absolute atomic E-state index is 8.72. The number of oxime groups is 1. The summed E-state index contributed by atoms with van der Waals surface area (Å²) in [6.07, 6.45) is 1.63. The molecule has 1 N–H and O–H groups in total. The van der Waals surface area contributed by atoms with Gasteiger partial charge >= 0.3 is 0 Å². The van der Waals surface area contributed by atoms with E-state index in [0.29, 0.717) is 5.71 Å². The van der Waals surface area contributed by atoms with Gasteiger partial charge in [-0.25, -0.2) is 0 Å². The third kappa shape index (κ3) is 3.26. The predicted molar refractivity (Wildman–Crippen MR) is 64.9 cm³/mol. The van der Waals surface area contributed by atoms with Gasteiger partial charge in [-0.3, -0.25) is 0 Å². The molecule has 1 rings (SSSR count). The first kappa shape index (κ1) is 12.1. The Morgan fingerprint density at radius 3 is 2.60 bits per heavy atom. The molecule has 0 saturated carbocycles. The van der Waals surface area contributed by atoms with E-state index >= 15 is 0 Å². The average molecular weight is 244 g/mol. The summed E-state index contributed by atoms with van der Waals surface area (Å²) in [5, 5.41) is 11.9. The van der Waals surface area contributed by atoms with Crippen LogP contribution in [-0.2, 0) is 0 Å². The highest BCUT2D eigenvalue weighted by molar-refractivity contribution is 6.57. The van der Waals surface area contributed by atoms with Gasteiger partial charge in [-0.2, -0.15) is 0 Å². The number of benzene rings is 1. The Morgan fingerprint density at radius 1 is 1.40 bits per heavy atom. The van der Waals surface area contributed by atoms with Crippen LogP contribution in [0, 0.1) is 6.92 Å². The lowest BCUT2D eigenvalue weighted by atomic mass is 10.0. The molecule has 0 radical (unpaired) electrons. The van der Waals surface area contributed by atoms with Crippen LogP contribution in [0.5, 0.6) is 0 Å². The molecule has 0 heterocycles. The molecular formula is C11H11Cl2NO. The van der Waals surface area contributed by atoms with Crippen molar-refractivity contribution in [2.75, 3.05) is 0 Å². The number of aryl methyl sites for hydroxylation is 1. The fourth-order valence-electron chi connectivity index (χ4n) is 1.30. The molecule has 0 saturated heterocycles. The van der Waals surface area contributed by atoms with E-state index in [2.05, 4.69) is 5.16 Å². The van der Waals surface area contributed by atoms with Gasteiger partial charge in [0.15, 0.2) is 0 Å². The van der Waals surface area contributed by atoms with Gasteiger partial charge in [-0.05, 0) is 25.5 Å². The van der Waals surface area contributed by atoms with Crippen LogP contribution in [0.2, 0.25) is 0 Å². The van der Waals surface area contributed by atoms with Crippen molar-refractivity contribution in [2.24, 2.45) is 5.16 Å². The third-order valence-corrected chi connectivity index (χ3v) is 2.23. The summed E-state index contributed by atoms with van der Waals surface area (Å²) >= 11 is 11.2.